The van der Waals surface area contributed by atoms with Crippen molar-refractivity contribution in [2.24, 2.45) is 17.6 Å². The van der Waals surface area contributed by atoms with Crippen LogP contribution in [0.4, 0.5) is 0 Å². The van der Waals surface area contributed by atoms with Gasteiger partial charge in [0.1, 0.15) is 0 Å². The Morgan fingerprint density at radius 1 is 1.37 bits per heavy atom. The first-order chi connectivity index (χ1) is 12.9. The summed E-state index contributed by atoms with van der Waals surface area (Å²) < 4.78 is 0. The summed E-state index contributed by atoms with van der Waals surface area (Å²) in [6.07, 6.45) is 10.0. The minimum absolute atomic E-state index is 0.0191. The van der Waals surface area contributed by atoms with Crippen LogP contribution in [0.15, 0.2) is 12.3 Å². The zero-order chi connectivity index (χ0) is 19.4. The number of hydrogen-bond acceptors (Lipinski definition) is 5. The quantitative estimate of drug-likeness (QED) is 0.501. The van der Waals surface area contributed by atoms with E-state index in [1.165, 1.54) is 31.2 Å². The van der Waals surface area contributed by atoms with E-state index in [9.17, 15) is 15.0 Å². The number of thioether (sulfide) groups is 1. The summed E-state index contributed by atoms with van der Waals surface area (Å²) in [5.74, 6) is 1.63. The molecule has 0 spiro atoms. The number of fused-ring (bicyclic) bond motifs is 1. The highest BCUT2D eigenvalue weighted by molar-refractivity contribution is 7.99. The predicted molar refractivity (Wildman–Crippen MR) is 109 cm³/mol. The molecule has 2 aliphatic rings. The summed E-state index contributed by atoms with van der Waals surface area (Å²) in [5.41, 5.74) is 7.27. The van der Waals surface area contributed by atoms with Gasteiger partial charge in [-0.3, -0.25) is 4.98 Å². The lowest BCUT2D eigenvalue weighted by molar-refractivity contribution is -0.160. The van der Waals surface area contributed by atoms with Crippen LogP contribution in [-0.2, 0) is 24.1 Å². The maximum absolute atomic E-state index is 11.9. The van der Waals surface area contributed by atoms with Gasteiger partial charge >= 0.3 is 5.97 Å². The van der Waals surface area contributed by atoms with Crippen LogP contribution in [0, 0.1) is 11.8 Å². The summed E-state index contributed by atoms with van der Waals surface area (Å²) in [7, 11) is 0. The van der Waals surface area contributed by atoms with Gasteiger partial charge in [0.15, 0.2) is 5.60 Å². The molecule has 3 rings (SSSR count). The third-order valence-corrected chi connectivity index (χ3v) is 7.28. The van der Waals surface area contributed by atoms with Crippen molar-refractivity contribution >= 4 is 17.7 Å². The van der Waals surface area contributed by atoms with Crippen LogP contribution in [0.2, 0.25) is 0 Å². The van der Waals surface area contributed by atoms with Crippen molar-refractivity contribution in [1.29, 1.82) is 0 Å². The summed E-state index contributed by atoms with van der Waals surface area (Å²) in [5, 5.41) is 20.6. The van der Waals surface area contributed by atoms with E-state index < -0.39 is 17.6 Å². The second-order valence-corrected chi connectivity index (χ2v) is 9.43. The van der Waals surface area contributed by atoms with Crippen LogP contribution in [0.25, 0.3) is 0 Å². The van der Waals surface area contributed by atoms with E-state index in [2.05, 4.69) is 11.9 Å². The van der Waals surface area contributed by atoms with Gasteiger partial charge in [-0.1, -0.05) is 26.2 Å². The predicted octanol–water partition coefficient (Wildman–Crippen LogP) is 2.82. The maximum Gasteiger partial charge on any atom is 0.337 e. The van der Waals surface area contributed by atoms with Gasteiger partial charge in [0, 0.05) is 24.1 Å². The number of nitrogens with two attached hydrogens (primary N) is 1. The zero-order valence-corrected chi connectivity index (χ0v) is 17.0. The molecular formula is C21H32N2O3S. The fourth-order valence-corrected chi connectivity index (χ4v) is 5.03. The van der Waals surface area contributed by atoms with Crippen molar-refractivity contribution in [2.45, 2.75) is 69.9 Å². The zero-order valence-electron chi connectivity index (χ0n) is 16.2. The molecule has 1 saturated carbocycles. The molecule has 5 nitrogen and oxygen atoms in total. The van der Waals surface area contributed by atoms with Gasteiger partial charge in [0.25, 0.3) is 0 Å². The highest BCUT2D eigenvalue weighted by Crippen LogP contribution is 2.38. The standard InChI is InChI=1S/C21H32N2O3S/c1-2-9-27-13-19(22)21(26,20(24)25)12-18-17-11-15(6-5-14-3-4-14)10-16(17)7-8-23-18/h7-8,14-15,19,26H,2-6,9-13,22H2,1H3,(H,24,25)/t15-,19?,21?/m1/s1. The second kappa shape index (κ2) is 8.93. The van der Waals surface area contributed by atoms with Crippen LogP contribution < -0.4 is 5.73 Å². The van der Waals surface area contributed by atoms with Gasteiger partial charge < -0.3 is 15.9 Å². The van der Waals surface area contributed by atoms with Crippen LogP contribution in [-0.4, -0.2) is 44.3 Å². The summed E-state index contributed by atoms with van der Waals surface area (Å²) >= 11 is 1.59. The first-order valence-electron chi connectivity index (χ1n) is 10.2. The van der Waals surface area contributed by atoms with E-state index in [0.717, 1.165) is 36.5 Å². The Morgan fingerprint density at radius 3 is 2.78 bits per heavy atom. The molecule has 1 aromatic heterocycles. The molecule has 4 N–H and O–H groups in total. The number of rotatable bonds is 11. The Kier molecular flexibility index (Phi) is 6.82. The first kappa shape index (κ1) is 20.6. The molecule has 2 unspecified atom stereocenters. The SMILES string of the molecule is CCCSCC(N)C(O)(Cc1nccc2c1C[C@H](CCC1CC1)C2)C(=O)O. The van der Waals surface area contributed by atoms with E-state index in [1.807, 2.05) is 6.07 Å². The van der Waals surface area contributed by atoms with E-state index in [0.29, 0.717) is 17.4 Å². The molecule has 2 aliphatic carbocycles. The summed E-state index contributed by atoms with van der Waals surface area (Å²) in [4.78, 5) is 16.3. The fraction of sp³-hybridized carbons (Fsp3) is 0.714. The molecule has 0 aromatic carbocycles. The third-order valence-electron chi connectivity index (χ3n) is 5.99. The van der Waals surface area contributed by atoms with Gasteiger partial charge in [-0.15, -0.1) is 0 Å². The van der Waals surface area contributed by atoms with Gasteiger partial charge in [0.05, 0.1) is 6.04 Å². The van der Waals surface area contributed by atoms with Crippen molar-refractivity contribution in [3.63, 3.8) is 0 Å². The lowest BCUT2D eigenvalue weighted by atomic mass is 9.88. The number of nitrogens with zero attached hydrogens (tertiary/aromatic N) is 1. The average molecular weight is 393 g/mol. The number of carboxylic acids is 1. The Labute approximate surface area is 166 Å². The van der Waals surface area contributed by atoms with E-state index in [1.54, 1.807) is 18.0 Å². The van der Waals surface area contributed by atoms with Gasteiger partial charge in [0.2, 0.25) is 0 Å². The minimum Gasteiger partial charge on any atom is -0.479 e. The molecule has 0 bridgehead atoms. The molecular weight excluding hydrogens is 360 g/mol. The van der Waals surface area contributed by atoms with Crippen molar-refractivity contribution in [2.75, 3.05) is 11.5 Å². The normalized spacial score (nSPS) is 22.3. The summed E-state index contributed by atoms with van der Waals surface area (Å²) in [6, 6.07) is 1.23. The monoisotopic (exact) mass is 392 g/mol. The smallest absolute Gasteiger partial charge is 0.337 e. The van der Waals surface area contributed by atoms with Crippen molar-refractivity contribution in [3.05, 3.63) is 29.1 Å². The lowest BCUT2D eigenvalue weighted by Crippen LogP contribution is -2.57. The fourth-order valence-electron chi connectivity index (χ4n) is 4.04. The second-order valence-electron chi connectivity index (χ2n) is 8.28. The number of pyridine rings is 1. The molecule has 0 saturated heterocycles. The molecule has 150 valence electrons. The van der Waals surface area contributed by atoms with Gasteiger partial charge in [-0.25, -0.2) is 4.79 Å². The molecule has 0 radical (unpaired) electrons. The molecule has 0 amide bonds. The van der Waals surface area contributed by atoms with Crippen molar-refractivity contribution in [1.82, 2.24) is 4.98 Å². The highest BCUT2D eigenvalue weighted by Gasteiger charge is 2.44. The summed E-state index contributed by atoms with van der Waals surface area (Å²) in [6.45, 7) is 2.07. The van der Waals surface area contributed by atoms with Crippen LogP contribution in [0.5, 0.6) is 0 Å². The Hall–Kier alpha value is -1.11. The number of hydrogen-bond donors (Lipinski definition) is 3. The van der Waals surface area contributed by atoms with E-state index >= 15 is 0 Å². The highest BCUT2D eigenvalue weighted by atomic mass is 32.2. The van der Waals surface area contributed by atoms with Crippen LogP contribution in [0.1, 0.15) is 55.8 Å². The van der Waals surface area contributed by atoms with Crippen LogP contribution in [0.3, 0.4) is 0 Å². The Balaban J connectivity index is 1.70. The number of aliphatic hydroxyl groups is 1. The first-order valence-corrected chi connectivity index (χ1v) is 11.3. The number of carbonyl (C=O) groups is 1. The lowest BCUT2D eigenvalue weighted by Gasteiger charge is -2.30. The van der Waals surface area contributed by atoms with Gasteiger partial charge in [-0.05, 0) is 60.5 Å². The average Bonchev–Trinajstić information content (AvgIpc) is 3.37. The molecule has 27 heavy (non-hydrogen) atoms. The topological polar surface area (TPSA) is 96.4 Å². The Bertz CT molecular complexity index is 665. The van der Waals surface area contributed by atoms with E-state index in [-0.39, 0.29) is 6.42 Å². The van der Waals surface area contributed by atoms with Gasteiger partial charge in [-0.2, -0.15) is 11.8 Å². The largest absolute Gasteiger partial charge is 0.479 e. The molecule has 0 aliphatic heterocycles. The molecule has 1 heterocycles. The minimum atomic E-state index is -1.98. The number of aromatic nitrogens is 1. The molecule has 6 heteroatoms. The van der Waals surface area contributed by atoms with Crippen LogP contribution >= 0.6 is 11.8 Å². The van der Waals surface area contributed by atoms with Crippen molar-refractivity contribution < 1.29 is 15.0 Å². The number of carboxylic acid groups (broad SMARTS) is 1. The van der Waals surface area contributed by atoms with Crippen molar-refractivity contribution in [3.8, 4) is 0 Å². The maximum atomic E-state index is 11.9. The molecule has 1 aromatic rings. The number of aliphatic carboxylic acids is 1. The molecule has 3 atom stereocenters. The van der Waals surface area contributed by atoms with E-state index in [4.69, 9.17) is 5.73 Å². The Morgan fingerprint density at radius 2 is 2.11 bits per heavy atom. The third kappa shape index (κ3) is 5.04. The molecule has 1 fully saturated rings.